The van der Waals surface area contributed by atoms with Gasteiger partial charge in [-0.1, -0.05) is 107 Å². The van der Waals surface area contributed by atoms with E-state index in [1.165, 1.54) is 44.6 Å². The van der Waals surface area contributed by atoms with Crippen LogP contribution in [0.3, 0.4) is 0 Å². The summed E-state index contributed by atoms with van der Waals surface area (Å²) in [5, 5.41) is 0. The maximum Gasteiger partial charge on any atom is 0.144 e. The molecule has 1 aliphatic rings. The lowest BCUT2D eigenvalue weighted by Crippen LogP contribution is -2.22. The number of fused-ring (bicyclic) bond motifs is 3. The number of hydrogen-bond acceptors (Lipinski definition) is 1. The van der Waals surface area contributed by atoms with E-state index in [1.807, 2.05) is 6.20 Å². The Bertz CT molecular complexity index is 1620. The second-order valence-electron chi connectivity index (χ2n) is 11.0. The average Bonchev–Trinajstić information content (AvgIpc) is 3.51. The second kappa shape index (κ2) is 9.44. The molecule has 1 aliphatic carbocycles. The zero-order chi connectivity index (χ0) is 26.4. The van der Waals surface area contributed by atoms with Crippen LogP contribution >= 0.6 is 0 Å². The van der Waals surface area contributed by atoms with E-state index in [0.29, 0.717) is 5.92 Å². The van der Waals surface area contributed by atoms with Crippen LogP contribution in [-0.2, 0) is 5.41 Å². The van der Waals surface area contributed by atoms with Gasteiger partial charge in [-0.15, -0.1) is 0 Å². The summed E-state index contributed by atoms with van der Waals surface area (Å²) in [6.07, 6.45) is 4.25. The first-order chi connectivity index (χ1) is 18.5. The number of imidazole rings is 1. The molecule has 0 saturated heterocycles. The maximum absolute atomic E-state index is 5.00. The molecule has 0 spiro atoms. The molecule has 1 heterocycles. The third-order valence-corrected chi connectivity index (χ3v) is 8.69. The van der Waals surface area contributed by atoms with E-state index in [4.69, 9.17) is 4.98 Å². The summed E-state index contributed by atoms with van der Waals surface area (Å²) < 4.78 is 2.35. The lowest BCUT2D eigenvalue weighted by Gasteiger charge is -2.29. The first kappa shape index (κ1) is 24.4. The van der Waals surface area contributed by atoms with Crippen molar-refractivity contribution in [2.24, 2.45) is 0 Å². The molecule has 0 amide bonds. The SMILES string of the molecule is CCC1(CC)c2ccccc2-c2cc(-c3cnc(-c4ccccc4)n3-c3ccc(C(C)C)cc3C)ccc21. The summed E-state index contributed by atoms with van der Waals surface area (Å²) in [4.78, 5) is 5.00. The molecule has 6 rings (SSSR count). The molecule has 2 heteroatoms. The molecule has 0 radical (unpaired) electrons. The zero-order valence-electron chi connectivity index (χ0n) is 23.1. The third-order valence-electron chi connectivity index (χ3n) is 8.69. The van der Waals surface area contributed by atoms with Crippen molar-refractivity contribution in [3.63, 3.8) is 0 Å². The van der Waals surface area contributed by atoms with Crippen LogP contribution in [0, 0.1) is 6.92 Å². The van der Waals surface area contributed by atoms with Crippen LogP contribution in [0.5, 0.6) is 0 Å². The van der Waals surface area contributed by atoms with Crippen LogP contribution in [0.2, 0.25) is 0 Å². The van der Waals surface area contributed by atoms with Crippen LogP contribution in [-0.4, -0.2) is 9.55 Å². The Labute approximate surface area is 227 Å². The molecule has 1 aromatic heterocycles. The van der Waals surface area contributed by atoms with Gasteiger partial charge in [0.2, 0.25) is 0 Å². The number of aryl methyl sites for hydroxylation is 1. The summed E-state index contributed by atoms with van der Waals surface area (Å²) in [6.45, 7) is 11.4. The van der Waals surface area contributed by atoms with Gasteiger partial charge in [-0.2, -0.15) is 0 Å². The minimum absolute atomic E-state index is 0.0865. The van der Waals surface area contributed by atoms with Crippen LogP contribution in [0.4, 0.5) is 0 Å². The molecule has 0 atom stereocenters. The monoisotopic (exact) mass is 496 g/mol. The van der Waals surface area contributed by atoms with Gasteiger partial charge < -0.3 is 0 Å². The molecule has 5 aromatic rings. The molecular weight excluding hydrogens is 460 g/mol. The van der Waals surface area contributed by atoms with Gasteiger partial charge in [0.15, 0.2) is 0 Å². The Kier molecular flexibility index (Phi) is 6.07. The summed E-state index contributed by atoms with van der Waals surface area (Å²) in [7, 11) is 0. The van der Waals surface area contributed by atoms with Crippen LogP contribution < -0.4 is 0 Å². The van der Waals surface area contributed by atoms with Gasteiger partial charge in [-0.25, -0.2) is 4.98 Å². The summed E-state index contributed by atoms with van der Waals surface area (Å²) >= 11 is 0. The van der Waals surface area contributed by atoms with Gasteiger partial charge in [0.25, 0.3) is 0 Å². The van der Waals surface area contributed by atoms with Crippen molar-refractivity contribution in [2.45, 2.75) is 58.8 Å². The van der Waals surface area contributed by atoms with E-state index in [0.717, 1.165) is 29.9 Å². The van der Waals surface area contributed by atoms with E-state index in [9.17, 15) is 0 Å². The number of aromatic nitrogens is 2. The molecule has 0 fully saturated rings. The molecule has 2 nitrogen and oxygen atoms in total. The van der Waals surface area contributed by atoms with Crippen LogP contribution in [0.1, 0.15) is 68.7 Å². The lowest BCUT2D eigenvalue weighted by atomic mass is 9.74. The van der Waals surface area contributed by atoms with Crippen molar-refractivity contribution in [1.29, 1.82) is 0 Å². The van der Waals surface area contributed by atoms with Crippen molar-refractivity contribution in [3.05, 3.63) is 119 Å². The molecule has 4 aromatic carbocycles. The normalized spacial score (nSPS) is 13.5. The predicted octanol–water partition coefficient (Wildman–Crippen LogP) is 9.72. The first-order valence-corrected chi connectivity index (χ1v) is 14.0. The average molecular weight is 497 g/mol. The van der Waals surface area contributed by atoms with Gasteiger partial charge >= 0.3 is 0 Å². The molecular formula is C36H36N2. The minimum atomic E-state index is 0.0865. The number of hydrogen-bond donors (Lipinski definition) is 0. The highest BCUT2D eigenvalue weighted by molar-refractivity contribution is 5.85. The van der Waals surface area contributed by atoms with Crippen LogP contribution in [0.15, 0.2) is 97.2 Å². The standard InChI is InChI=1S/C36H36N2/c1-6-36(7-2)31-16-12-11-15-29(31)30-22-28(17-19-32(30)36)34-23-37-35(26-13-9-8-10-14-26)38(34)33-20-18-27(24(3)4)21-25(33)5/h8-24H,6-7H2,1-5H3. The fraction of sp³-hybridized carbons (Fsp3) is 0.250. The molecule has 190 valence electrons. The Morgan fingerprint density at radius 2 is 1.45 bits per heavy atom. The van der Waals surface area contributed by atoms with Crippen molar-refractivity contribution >= 4 is 0 Å². The van der Waals surface area contributed by atoms with Crippen molar-refractivity contribution in [2.75, 3.05) is 0 Å². The Hall–Kier alpha value is -3.91. The second-order valence-corrected chi connectivity index (χ2v) is 11.0. The third kappa shape index (κ3) is 3.66. The predicted molar refractivity (Wildman–Crippen MR) is 160 cm³/mol. The highest BCUT2D eigenvalue weighted by Gasteiger charge is 2.40. The van der Waals surface area contributed by atoms with E-state index in [1.54, 1.807) is 0 Å². The zero-order valence-corrected chi connectivity index (χ0v) is 23.1. The summed E-state index contributed by atoms with van der Waals surface area (Å²) in [6, 6.07) is 33.5. The van der Waals surface area contributed by atoms with Gasteiger partial charge in [0.05, 0.1) is 17.6 Å². The Morgan fingerprint density at radius 1 is 0.737 bits per heavy atom. The minimum Gasteiger partial charge on any atom is -0.292 e. The van der Waals surface area contributed by atoms with E-state index in [-0.39, 0.29) is 5.41 Å². The summed E-state index contributed by atoms with van der Waals surface area (Å²) in [5.74, 6) is 1.46. The highest BCUT2D eigenvalue weighted by atomic mass is 15.1. The quantitative estimate of drug-likeness (QED) is 0.229. The maximum atomic E-state index is 5.00. The number of nitrogens with zero attached hydrogens (tertiary/aromatic N) is 2. The first-order valence-electron chi connectivity index (χ1n) is 14.0. The van der Waals surface area contributed by atoms with Gasteiger partial charge in [-0.05, 0) is 71.2 Å². The molecule has 0 saturated carbocycles. The van der Waals surface area contributed by atoms with Gasteiger partial charge in [0, 0.05) is 16.5 Å². The Morgan fingerprint density at radius 3 is 2.16 bits per heavy atom. The van der Waals surface area contributed by atoms with Gasteiger partial charge in [-0.3, -0.25) is 4.57 Å². The lowest BCUT2D eigenvalue weighted by molar-refractivity contribution is 0.490. The molecule has 0 N–H and O–H groups in total. The van der Waals surface area contributed by atoms with Crippen molar-refractivity contribution < 1.29 is 0 Å². The smallest absolute Gasteiger partial charge is 0.144 e. The summed E-state index contributed by atoms with van der Waals surface area (Å²) in [5.41, 5.74) is 13.0. The molecule has 38 heavy (non-hydrogen) atoms. The van der Waals surface area contributed by atoms with Gasteiger partial charge in [0.1, 0.15) is 5.82 Å². The topological polar surface area (TPSA) is 17.8 Å². The molecule has 0 aliphatic heterocycles. The van der Waals surface area contributed by atoms with Crippen molar-refractivity contribution in [1.82, 2.24) is 9.55 Å². The van der Waals surface area contributed by atoms with E-state index >= 15 is 0 Å². The largest absolute Gasteiger partial charge is 0.292 e. The van der Waals surface area contributed by atoms with E-state index < -0.39 is 0 Å². The number of rotatable bonds is 6. The fourth-order valence-electron chi connectivity index (χ4n) is 6.51. The van der Waals surface area contributed by atoms with E-state index in [2.05, 4.69) is 130 Å². The number of benzene rings is 4. The molecule has 0 bridgehead atoms. The fourth-order valence-corrected chi connectivity index (χ4v) is 6.51. The molecule has 0 unspecified atom stereocenters. The highest BCUT2D eigenvalue weighted by Crippen LogP contribution is 2.53. The van der Waals surface area contributed by atoms with Crippen molar-refractivity contribution in [3.8, 4) is 39.5 Å². The Balaban J connectivity index is 1.58. The van der Waals surface area contributed by atoms with Crippen LogP contribution in [0.25, 0.3) is 39.5 Å².